The van der Waals surface area contributed by atoms with Crippen molar-refractivity contribution in [3.05, 3.63) is 71.5 Å². The first-order valence-electron chi connectivity index (χ1n) is 9.17. The van der Waals surface area contributed by atoms with Gasteiger partial charge in [0.25, 0.3) is 5.91 Å². The molecule has 0 bridgehead atoms. The van der Waals surface area contributed by atoms with Gasteiger partial charge in [-0.15, -0.1) is 5.10 Å². The molecule has 4 rings (SSSR count). The van der Waals surface area contributed by atoms with Crippen LogP contribution >= 0.6 is 0 Å². The lowest BCUT2D eigenvalue weighted by Gasteiger charge is -2.13. The maximum Gasteiger partial charge on any atom is 0.255 e. The molecule has 1 heterocycles. The molecule has 2 N–H and O–H groups in total. The highest BCUT2D eigenvalue weighted by Gasteiger charge is 2.29. The third-order valence-electron chi connectivity index (χ3n) is 4.66. The van der Waals surface area contributed by atoms with E-state index in [0.717, 1.165) is 29.9 Å². The lowest BCUT2D eigenvalue weighted by Crippen LogP contribution is -2.22. The van der Waals surface area contributed by atoms with Crippen LogP contribution in [0, 0.1) is 0 Å². The summed E-state index contributed by atoms with van der Waals surface area (Å²) in [7, 11) is 0. The number of para-hydroxylation sites is 1. The van der Waals surface area contributed by atoms with E-state index in [0.29, 0.717) is 18.2 Å². The standard InChI is InChI=1S/C20H22N6O/c1-14(19-23-24-25-26(19)18-11-12-18)21-13-15-7-9-16(10-8-15)20(27)22-17-5-3-2-4-6-17/h2-10,14,18,21H,11-13H2,1H3,(H,22,27)/t14-/m0/s1. The number of amides is 1. The molecule has 7 heteroatoms. The normalized spacial score (nSPS) is 14.7. The van der Waals surface area contributed by atoms with E-state index in [1.165, 1.54) is 0 Å². The molecule has 27 heavy (non-hydrogen) atoms. The maximum atomic E-state index is 12.3. The minimum absolute atomic E-state index is 0.0571. The molecule has 1 amide bonds. The number of nitrogens with one attached hydrogen (secondary N) is 2. The van der Waals surface area contributed by atoms with E-state index in [2.05, 4.69) is 33.1 Å². The molecule has 7 nitrogen and oxygen atoms in total. The summed E-state index contributed by atoms with van der Waals surface area (Å²) >= 11 is 0. The first-order valence-corrected chi connectivity index (χ1v) is 9.17. The maximum absolute atomic E-state index is 12.3. The number of aromatic nitrogens is 4. The second kappa shape index (κ2) is 7.67. The molecule has 0 radical (unpaired) electrons. The van der Waals surface area contributed by atoms with Crippen LogP contribution in [0.15, 0.2) is 54.6 Å². The molecule has 3 aromatic rings. The third kappa shape index (κ3) is 4.20. The zero-order valence-electron chi connectivity index (χ0n) is 15.2. The summed E-state index contributed by atoms with van der Waals surface area (Å²) in [5, 5.41) is 18.4. The molecule has 0 aliphatic heterocycles. The topological polar surface area (TPSA) is 84.7 Å². The molecule has 1 aliphatic carbocycles. The summed E-state index contributed by atoms with van der Waals surface area (Å²) in [5.74, 6) is 0.758. The Bertz CT molecular complexity index is 902. The lowest BCUT2D eigenvalue weighted by molar-refractivity contribution is 0.102. The Morgan fingerprint density at radius 3 is 2.59 bits per heavy atom. The van der Waals surface area contributed by atoms with Gasteiger partial charge in [-0.05, 0) is 60.0 Å². The summed E-state index contributed by atoms with van der Waals surface area (Å²) in [6, 6.07) is 17.6. The van der Waals surface area contributed by atoms with Crippen LogP contribution in [-0.4, -0.2) is 26.1 Å². The summed E-state index contributed by atoms with van der Waals surface area (Å²) in [6.07, 6.45) is 2.30. The van der Waals surface area contributed by atoms with Crippen molar-refractivity contribution in [2.45, 2.75) is 38.4 Å². The molecule has 1 fully saturated rings. The van der Waals surface area contributed by atoms with Gasteiger partial charge in [-0.2, -0.15) is 0 Å². The van der Waals surface area contributed by atoms with Crippen LogP contribution in [0.25, 0.3) is 0 Å². The van der Waals surface area contributed by atoms with Gasteiger partial charge >= 0.3 is 0 Å². The zero-order valence-corrected chi connectivity index (χ0v) is 15.2. The van der Waals surface area contributed by atoms with E-state index in [4.69, 9.17) is 0 Å². The van der Waals surface area contributed by atoms with Crippen LogP contribution in [-0.2, 0) is 6.54 Å². The molecule has 1 aliphatic rings. The van der Waals surface area contributed by atoms with E-state index in [1.54, 1.807) is 0 Å². The van der Waals surface area contributed by atoms with Crippen molar-refractivity contribution in [1.29, 1.82) is 0 Å². The Labute approximate surface area is 157 Å². The highest BCUT2D eigenvalue weighted by molar-refractivity contribution is 6.04. The van der Waals surface area contributed by atoms with E-state index < -0.39 is 0 Å². The molecule has 2 aromatic carbocycles. The van der Waals surface area contributed by atoms with Gasteiger partial charge in [0, 0.05) is 17.8 Å². The van der Waals surface area contributed by atoms with Gasteiger partial charge in [-0.25, -0.2) is 4.68 Å². The molecular weight excluding hydrogens is 340 g/mol. The van der Waals surface area contributed by atoms with Gasteiger partial charge in [0.2, 0.25) is 0 Å². The molecule has 0 unspecified atom stereocenters. The number of carbonyl (C=O) groups is 1. The van der Waals surface area contributed by atoms with E-state index in [1.807, 2.05) is 59.3 Å². The number of tetrazole rings is 1. The second-order valence-corrected chi connectivity index (χ2v) is 6.83. The second-order valence-electron chi connectivity index (χ2n) is 6.83. The monoisotopic (exact) mass is 362 g/mol. The predicted octanol–water partition coefficient (Wildman–Crippen LogP) is 3.11. The van der Waals surface area contributed by atoms with E-state index in [9.17, 15) is 4.79 Å². The molecule has 138 valence electrons. The van der Waals surface area contributed by atoms with Crippen molar-refractivity contribution in [1.82, 2.24) is 25.5 Å². The smallest absolute Gasteiger partial charge is 0.255 e. The number of hydrogen-bond donors (Lipinski definition) is 2. The number of benzene rings is 2. The van der Waals surface area contributed by atoms with E-state index >= 15 is 0 Å². The number of anilines is 1. The van der Waals surface area contributed by atoms with Gasteiger partial charge in [0.15, 0.2) is 5.82 Å². The Morgan fingerprint density at radius 2 is 1.89 bits per heavy atom. The van der Waals surface area contributed by atoms with Crippen molar-refractivity contribution in [2.24, 2.45) is 0 Å². The van der Waals surface area contributed by atoms with E-state index in [-0.39, 0.29) is 11.9 Å². The van der Waals surface area contributed by atoms with Crippen LogP contribution in [0.2, 0.25) is 0 Å². The third-order valence-corrected chi connectivity index (χ3v) is 4.66. The van der Waals surface area contributed by atoms with Crippen molar-refractivity contribution in [2.75, 3.05) is 5.32 Å². The minimum atomic E-state index is -0.113. The first-order chi connectivity index (χ1) is 13.2. The van der Waals surface area contributed by atoms with Crippen LogP contribution in [0.4, 0.5) is 5.69 Å². The molecule has 0 saturated heterocycles. The van der Waals surface area contributed by atoms with Crippen molar-refractivity contribution in [3.8, 4) is 0 Å². The van der Waals surface area contributed by atoms with Crippen molar-refractivity contribution < 1.29 is 4.79 Å². The Morgan fingerprint density at radius 1 is 1.15 bits per heavy atom. The molecule has 1 aromatic heterocycles. The molecule has 1 saturated carbocycles. The van der Waals surface area contributed by atoms with Gasteiger partial charge in [-0.1, -0.05) is 30.3 Å². The fraction of sp³-hybridized carbons (Fsp3) is 0.300. The summed E-state index contributed by atoms with van der Waals surface area (Å²) in [5.41, 5.74) is 2.52. The minimum Gasteiger partial charge on any atom is -0.322 e. The van der Waals surface area contributed by atoms with Gasteiger partial charge in [0.1, 0.15) is 0 Å². The van der Waals surface area contributed by atoms with Crippen LogP contribution < -0.4 is 10.6 Å². The Hall–Kier alpha value is -3.06. The molecule has 0 spiro atoms. The Balaban J connectivity index is 1.33. The van der Waals surface area contributed by atoms with Crippen LogP contribution in [0.1, 0.15) is 53.6 Å². The average Bonchev–Trinajstić information content (AvgIpc) is 3.43. The van der Waals surface area contributed by atoms with Gasteiger partial charge < -0.3 is 10.6 Å². The zero-order chi connectivity index (χ0) is 18.6. The van der Waals surface area contributed by atoms with Crippen molar-refractivity contribution >= 4 is 11.6 Å². The number of nitrogens with zero attached hydrogens (tertiary/aromatic N) is 4. The van der Waals surface area contributed by atoms with Crippen LogP contribution in [0.3, 0.4) is 0 Å². The summed E-state index contributed by atoms with van der Waals surface area (Å²) in [4.78, 5) is 12.3. The highest BCUT2D eigenvalue weighted by atomic mass is 16.1. The molecular formula is C20H22N6O. The molecule has 1 atom stereocenters. The van der Waals surface area contributed by atoms with Crippen LogP contribution in [0.5, 0.6) is 0 Å². The highest BCUT2D eigenvalue weighted by Crippen LogP contribution is 2.35. The fourth-order valence-electron chi connectivity index (χ4n) is 2.93. The van der Waals surface area contributed by atoms with Gasteiger partial charge in [-0.3, -0.25) is 4.79 Å². The summed E-state index contributed by atoms with van der Waals surface area (Å²) < 4.78 is 1.93. The lowest BCUT2D eigenvalue weighted by atomic mass is 10.1. The largest absolute Gasteiger partial charge is 0.322 e. The number of rotatable bonds is 7. The quantitative estimate of drug-likeness (QED) is 0.675. The fourth-order valence-corrected chi connectivity index (χ4v) is 2.93. The average molecular weight is 362 g/mol. The van der Waals surface area contributed by atoms with Gasteiger partial charge in [0.05, 0.1) is 12.1 Å². The first kappa shape index (κ1) is 17.4. The van der Waals surface area contributed by atoms with Crippen molar-refractivity contribution in [3.63, 3.8) is 0 Å². The Kier molecular flexibility index (Phi) is 4.93. The number of carbonyl (C=O) groups excluding carboxylic acids is 1. The SMILES string of the molecule is C[C@H](NCc1ccc(C(=O)Nc2ccccc2)cc1)c1nnnn1C1CC1. The predicted molar refractivity (Wildman–Crippen MR) is 102 cm³/mol. The summed E-state index contributed by atoms with van der Waals surface area (Å²) in [6.45, 7) is 2.74. The number of hydrogen-bond acceptors (Lipinski definition) is 5.